The van der Waals surface area contributed by atoms with Crippen LogP contribution in [0.2, 0.25) is 0 Å². The molecular formula is C24H23NO3. The number of benzene rings is 2. The van der Waals surface area contributed by atoms with E-state index in [-0.39, 0.29) is 18.4 Å². The molecule has 2 aliphatic rings. The zero-order valence-electron chi connectivity index (χ0n) is 16.3. The number of rotatable bonds is 4. The van der Waals surface area contributed by atoms with E-state index < -0.39 is 5.92 Å². The summed E-state index contributed by atoms with van der Waals surface area (Å²) in [5.74, 6) is -0.856. The highest BCUT2D eigenvalue weighted by atomic mass is 16.5. The Morgan fingerprint density at radius 1 is 1.04 bits per heavy atom. The summed E-state index contributed by atoms with van der Waals surface area (Å²) >= 11 is 0. The highest BCUT2D eigenvalue weighted by Crippen LogP contribution is 2.46. The first kappa shape index (κ1) is 18.2. The fraction of sp³-hybridized carbons (Fsp3) is 0.250. The molecule has 1 aliphatic carbocycles. The molecule has 0 unspecified atom stereocenters. The molecule has 1 N–H and O–H groups in total. The Bertz CT molecular complexity index is 1030. The van der Waals surface area contributed by atoms with E-state index in [0.29, 0.717) is 16.7 Å². The fourth-order valence-electron chi connectivity index (χ4n) is 4.09. The smallest absolute Gasteiger partial charge is 0.336 e. The minimum Gasteiger partial charge on any atom is -0.463 e. The lowest BCUT2D eigenvalue weighted by Crippen LogP contribution is -2.29. The van der Waals surface area contributed by atoms with E-state index in [0.717, 1.165) is 28.9 Å². The van der Waals surface area contributed by atoms with Gasteiger partial charge in [-0.05, 0) is 31.4 Å². The molecule has 0 spiro atoms. The number of esters is 1. The van der Waals surface area contributed by atoms with Gasteiger partial charge in [0.05, 0.1) is 17.9 Å². The molecule has 0 aromatic heterocycles. The van der Waals surface area contributed by atoms with E-state index in [1.807, 2.05) is 43.3 Å². The molecule has 1 heterocycles. The molecule has 0 fully saturated rings. The van der Waals surface area contributed by atoms with Crippen molar-refractivity contribution in [2.75, 3.05) is 6.61 Å². The summed E-state index contributed by atoms with van der Waals surface area (Å²) in [6.45, 7) is 6.05. The lowest BCUT2D eigenvalue weighted by atomic mass is 9.79. The summed E-state index contributed by atoms with van der Waals surface area (Å²) in [6, 6.07) is 15.7. The second kappa shape index (κ2) is 7.12. The van der Waals surface area contributed by atoms with Crippen LogP contribution in [0.15, 0.2) is 65.4 Å². The van der Waals surface area contributed by atoms with Gasteiger partial charge in [0.25, 0.3) is 0 Å². The van der Waals surface area contributed by atoms with Gasteiger partial charge in [-0.15, -0.1) is 0 Å². The molecule has 28 heavy (non-hydrogen) atoms. The lowest BCUT2D eigenvalue weighted by molar-refractivity contribution is -0.138. The van der Waals surface area contributed by atoms with Crippen molar-refractivity contribution in [2.24, 2.45) is 0 Å². The van der Waals surface area contributed by atoms with Crippen molar-refractivity contribution in [3.63, 3.8) is 0 Å². The number of Topliss-reactive ketones (excluding diaryl/α,β-unsaturated/α-hetero) is 1. The van der Waals surface area contributed by atoms with E-state index in [4.69, 9.17) is 4.74 Å². The highest BCUT2D eigenvalue weighted by molar-refractivity contribution is 6.23. The zero-order chi connectivity index (χ0) is 19.8. The van der Waals surface area contributed by atoms with Crippen LogP contribution in [0.25, 0.3) is 5.70 Å². The van der Waals surface area contributed by atoms with Crippen LogP contribution >= 0.6 is 0 Å². The molecule has 1 atom stereocenters. The minimum absolute atomic E-state index is 0.0306. The minimum atomic E-state index is -0.443. The van der Waals surface area contributed by atoms with E-state index in [2.05, 4.69) is 24.4 Å². The van der Waals surface area contributed by atoms with Crippen LogP contribution in [0.5, 0.6) is 0 Å². The fourth-order valence-corrected chi connectivity index (χ4v) is 4.09. The molecule has 4 heteroatoms. The van der Waals surface area contributed by atoms with Crippen molar-refractivity contribution in [3.05, 3.63) is 87.6 Å². The Balaban J connectivity index is 1.90. The van der Waals surface area contributed by atoms with Gasteiger partial charge >= 0.3 is 5.97 Å². The first-order valence-corrected chi connectivity index (χ1v) is 9.68. The Labute approximate surface area is 164 Å². The molecule has 142 valence electrons. The van der Waals surface area contributed by atoms with Crippen molar-refractivity contribution < 1.29 is 14.3 Å². The molecule has 4 rings (SSSR count). The van der Waals surface area contributed by atoms with Crippen LogP contribution in [0.1, 0.15) is 53.7 Å². The number of carbonyl (C=O) groups is 2. The second-order valence-electron chi connectivity index (χ2n) is 7.08. The normalized spacial score (nSPS) is 18.0. The van der Waals surface area contributed by atoms with Crippen LogP contribution in [0.4, 0.5) is 0 Å². The third kappa shape index (κ3) is 2.76. The third-order valence-electron chi connectivity index (χ3n) is 5.47. The average molecular weight is 373 g/mol. The standard InChI is InChI=1S/C24H23NO3/c1-4-15-10-12-16(13-11-15)20-19(24(27)28-5-2)14(3)25-22-17-8-6-7-9-18(17)23(26)21(20)22/h6-13,20,25H,4-5H2,1-3H3/t20-/m1/s1. The number of allylic oxidation sites excluding steroid dienone is 2. The number of aryl methyl sites for hydroxylation is 1. The topological polar surface area (TPSA) is 55.4 Å². The number of hydrogen-bond donors (Lipinski definition) is 1. The summed E-state index contributed by atoms with van der Waals surface area (Å²) in [5.41, 5.74) is 6.36. The zero-order valence-corrected chi connectivity index (χ0v) is 16.3. The van der Waals surface area contributed by atoms with Crippen molar-refractivity contribution in [3.8, 4) is 0 Å². The molecule has 0 radical (unpaired) electrons. The molecule has 0 saturated heterocycles. The van der Waals surface area contributed by atoms with E-state index in [9.17, 15) is 9.59 Å². The van der Waals surface area contributed by atoms with Crippen LogP contribution in [0, 0.1) is 0 Å². The molecule has 4 nitrogen and oxygen atoms in total. The number of carbonyl (C=O) groups excluding carboxylic acids is 2. The van der Waals surface area contributed by atoms with Crippen molar-refractivity contribution in [1.29, 1.82) is 0 Å². The average Bonchev–Trinajstić information content (AvgIpc) is 2.99. The summed E-state index contributed by atoms with van der Waals surface area (Å²) in [5, 5.41) is 3.31. The van der Waals surface area contributed by atoms with E-state index >= 15 is 0 Å². The van der Waals surface area contributed by atoms with E-state index in [1.165, 1.54) is 5.56 Å². The predicted molar refractivity (Wildman–Crippen MR) is 109 cm³/mol. The SMILES string of the molecule is CCOC(=O)C1=C(C)NC2=C(C(=O)c3ccccc32)[C@@H]1c1ccc(CC)cc1. The Kier molecular flexibility index (Phi) is 4.63. The van der Waals surface area contributed by atoms with Gasteiger partial charge in [-0.3, -0.25) is 4.79 Å². The molecule has 2 aromatic rings. The molecular weight excluding hydrogens is 350 g/mol. The maximum atomic E-state index is 13.3. The van der Waals surface area contributed by atoms with Gasteiger partial charge in [-0.25, -0.2) is 4.79 Å². The summed E-state index contributed by atoms with van der Waals surface area (Å²) in [7, 11) is 0. The van der Waals surface area contributed by atoms with Crippen molar-refractivity contribution in [2.45, 2.75) is 33.1 Å². The van der Waals surface area contributed by atoms with Gasteiger partial charge in [0, 0.05) is 28.3 Å². The van der Waals surface area contributed by atoms with Crippen LogP contribution in [0.3, 0.4) is 0 Å². The Hall–Kier alpha value is -3.14. The van der Waals surface area contributed by atoms with Crippen LogP contribution in [-0.4, -0.2) is 18.4 Å². The number of nitrogens with one attached hydrogen (secondary N) is 1. The summed E-state index contributed by atoms with van der Waals surface area (Å²) in [6.07, 6.45) is 0.935. The maximum absolute atomic E-state index is 13.3. The maximum Gasteiger partial charge on any atom is 0.336 e. The van der Waals surface area contributed by atoms with Crippen molar-refractivity contribution >= 4 is 17.4 Å². The van der Waals surface area contributed by atoms with Gasteiger partial charge in [0.2, 0.25) is 0 Å². The molecule has 2 aromatic carbocycles. The summed E-state index contributed by atoms with van der Waals surface area (Å²) in [4.78, 5) is 26.1. The van der Waals surface area contributed by atoms with Crippen molar-refractivity contribution in [1.82, 2.24) is 5.32 Å². The van der Waals surface area contributed by atoms with Gasteiger partial charge in [-0.1, -0.05) is 55.5 Å². The molecule has 0 saturated carbocycles. The number of fused-ring (bicyclic) bond motifs is 2. The van der Waals surface area contributed by atoms with E-state index in [1.54, 1.807) is 6.92 Å². The predicted octanol–water partition coefficient (Wildman–Crippen LogP) is 4.38. The second-order valence-corrected chi connectivity index (χ2v) is 7.08. The first-order chi connectivity index (χ1) is 13.6. The highest BCUT2D eigenvalue weighted by Gasteiger charge is 2.42. The summed E-state index contributed by atoms with van der Waals surface area (Å²) < 4.78 is 5.34. The number of ketones is 1. The van der Waals surface area contributed by atoms with Crippen LogP contribution < -0.4 is 5.32 Å². The molecule has 0 amide bonds. The van der Waals surface area contributed by atoms with Gasteiger partial charge < -0.3 is 10.1 Å². The Morgan fingerprint density at radius 2 is 1.71 bits per heavy atom. The number of hydrogen-bond acceptors (Lipinski definition) is 4. The van der Waals surface area contributed by atoms with Crippen LogP contribution in [-0.2, 0) is 16.0 Å². The van der Waals surface area contributed by atoms with Gasteiger partial charge in [0.1, 0.15) is 0 Å². The largest absolute Gasteiger partial charge is 0.463 e. The van der Waals surface area contributed by atoms with Gasteiger partial charge in [0.15, 0.2) is 5.78 Å². The lowest BCUT2D eigenvalue weighted by Gasteiger charge is -2.29. The molecule has 1 aliphatic heterocycles. The van der Waals surface area contributed by atoms with Gasteiger partial charge in [-0.2, -0.15) is 0 Å². The third-order valence-corrected chi connectivity index (χ3v) is 5.47. The molecule has 0 bridgehead atoms. The quantitative estimate of drug-likeness (QED) is 0.808. The first-order valence-electron chi connectivity index (χ1n) is 9.68. The Morgan fingerprint density at radius 3 is 2.36 bits per heavy atom. The monoisotopic (exact) mass is 373 g/mol. The number of ether oxygens (including phenoxy) is 1. The number of dihydropyridines is 1.